The van der Waals surface area contributed by atoms with Crippen LogP contribution >= 0.6 is 0 Å². The smallest absolute Gasteiger partial charge is 0.0743 e. The lowest BCUT2D eigenvalue weighted by molar-refractivity contribution is 1.36. The molecule has 13 heavy (non-hydrogen) atoms. The molecule has 1 nitrogen and oxygen atoms in total. The van der Waals surface area contributed by atoms with Crippen molar-refractivity contribution in [3.63, 3.8) is 0 Å². The summed E-state index contributed by atoms with van der Waals surface area (Å²) >= 11 is 0. The molecule has 0 aliphatic carbocycles. The molecule has 0 saturated carbocycles. The predicted octanol–water partition coefficient (Wildman–Crippen LogP) is 2.52. The maximum absolute atomic E-state index is 5.36. The van der Waals surface area contributed by atoms with Crippen molar-refractivity contribution in [3.05, 3.63) is 41.6 Å². The van der Waals surface area contributed by atoms with Crippen molar-refractivity contribution < 1.29 is 0 Å². The third-order valence-corrected chi connectivity index (χ3v) is 2.18. The first-order chi connectivity index (χ1) is 6.33. The van der Waals surface area contributed by atoms with Crippen LogP contribution in [-0.2, 0) is 0 Å². The van der Waals surface area contributed by atoms with Gasteiger partial charge in [0.1, 0.15) is 0 Å². The highest BCUT2D eigenvalue weighted by Crippen LogP contribution is 2.18. The topological polar surface area (TPSA) is 12.9 Å². The zero-order valence-electron chi connectivity index (χ0n) is 7.41. The molecule has 1 aromatic carbocycles. The Kier molecular flexibility index (Phi) is 1.75. The number of aromatic nitrogens is 1. The second-order valence-corrected chi connectivity index (χ2v) is 2.96. The highest BCUT2D eigenvalue weighted by molar-refractivity contribution is 5.83. The summed E-state index contributed by atoms with van der Waals surface area (Å²) in [5.41, 5.74) is 3.00. The number of pyridine rings is 1. The molecule has 1 heteroatoms. The Bertz CT molecular complexity index is 492. The second-order valence-electron chi connectivity index (χ2n) is 2.96. The number of hydrogen-bond donors (Lipinski definition) is 0. The van der Waals surface area contributed by atoms with E-state index in [-0.39, 0.29) is 0 Å². The molecule has 1 aromatic heterocycles. The monoisotopic (exact) mass is 167 g/mol. The molecule has 1 heterocycles. The minimum atomic E-state index is 0.922. The van der Waals surface area contributed by atoms with Crippen molar-refractivity contribution in [1.29, 1.82) is 0 Å². The maximum Gasteiger partial charge on any atom is 0.0743 e. The Labute approximate surface area is 77.4 Å². The molecule has 0 aliphatic rings. The maximum atomic E-state index is 5.36. The van der Waals surface area contributed by atoms with Crippen LogP contribution in [0.1, 0.15) is 11.1 Å². The Morgan fingerprint density at radius 1 is 1.31 bits per heavy atom. The zero-order valence-corrected chi connectivity index (χ0v) is 7.41. The van der Waals surface area contributed by atoms with Gasteiger partial charge in [-0.2, -0.15) is 0 Å². The summed E-state index contributed by atoms with van der Waals surface area (Å²) in [7, 11) is 0. The van der Waals surface area contributed by atoms with Gasteiger partial charge in [-0.05, 0) is 24.6 Å². The average Bonchev–Trinajstić information content (AvgIpc) is 2.19. The highest BCUT2D eigenvalue weighted by Gasteiger charge is 2.00. The van der Waals surface area contributed by atoms with E-state index in [4.69, 9.17) is 6.42 Å². The SMILES string of the molecule is C#Cc1ccc2cccnc2c1C. The molecule has 0 radical (unpaired) electrons. The van der Waals surface area contributed by atoms with Crippen LogP contribution in [0.4, 0.5) is 0 Å². The molecule has 0 bridgehead atoms. The summed E-state index contributed by atoms with van der Waals surface area (Å²) in [5.74, 6) is 2.65. The third kappa shape index (κ3) is 1.17. The van der Waals surface area contributed by atoms with E-state index in [1.807, 2.05) is 31.2 Å². The predicted molar refractivity (Wildman–Crippen MR) is 54.4 cm³/mol. The lowest BCUT2D eigenvalue weighted by Crippen LogP contribution is -1.86. The summed E-state index contributed by atoms with van der Waals surface area (Å²) in [4.78, 5) is 4.29. The number of fused-ring (bicyclic) bond motifs is 1. The lowest BCUT2D eigenvalue weighted by atomic mass is 10.1. The standard InChI is InChI=1S/C12H9N/c1-3-10-6-7-11-5-4-8-13-12(11)9(10)2/h1,4-8H,2H3. The molecule has 0 unspecified atom stereocenters. The van der Waals surface area contributed by atoms with Gasteiger partial charge < -0.3 is 0 Å². The molecule has 0 N–H and O–H groups in total. The number of hydrogen-bond acceptors (Lipinski definition) is 1. The van der Waals surface area contributed by atoms with Crippen molar-refractivity contribution in [2.45, 2.75) is 6.92 Å². The lowest BCUT2D eigenvalue weighted by Gasteiger charge is -2.02. The summed E-state index contributed by atoms with van der Waals surface area (Å²) < 4.78 is 0. The molecule has 0 aliphatic heterocycles. The Morgan fingerprint density at radius 2 is 2.15 bits per heavy atom. The number of rotatable bonds is 0. The molecular weight excluding hydrogens is 158 g/mol. The summed E-state index contributed by atoms with van der Waals surface area (Å²) in [6.45, 7) is 2.00. The summed E-state index contributed by atoms with van der Waals surface area (Å²) in [6.07, 6.45) is 7.15. The van der Waals surface area contributed by atoms with Crippen molar-refractivity contribution in [2.24, 2.45) is 0 Å². The van der Waals surface area contributed by atoms with Gasteiger partial charge in [0.15, 0.2) is 0 Å². The molecule has 0 amide bonds. The Balaban J connectivity index is 2.89. The normalized spacial score (nSPS) is 9.85. The quantitative estimate of drug-likeness (QED) is 0.549. The number of benzene rings is 1. The van der Waals surface area contributed by atoms with E-state index in [0.717, 1.165) is 22.0 Å². The Morgan fingerprint density at radius 3 is 2.92 bits per heavy atom. The van der Waals surface area contributed by atoms with Crippen LogP contribution in [-0.4, -0.2) is 4.98 Å². The highest BCUT2D eigenvalue weighted by atomic mass is 14.6. The number of nitrogens with zero attached hydrogens (tertiary/aromatic N) is 1. The molecule has 62 valence electrons. The van der Waals surface area contributed by atoms with Gasteiger partial charge in [-0.15, -0.1) is 6.42 Å². The largest absolute Gasteiger partial charge is 0.256 e. The summed E-state index contributed by atoms with van der Waals surface area (Å²) in [5, 5.41) is 1.14. The van der Waals surface area contributed by atoms with Gasteiger partial charge in [0, 0.05) is 17.1 Å². The van der Waals surface area contributed by atoms with Crippen LogP contribution in [0.2, 0.25) is 0 Å². The fourth-order valence-electron chi connectivity index (χ4n) is 1.45. The fourth-order valence-corrected chi connectivity index (χ4v) is 1.45. The van der Waals surface area contributed by atoms with E-state index < -0.39 is 0 Å². The molecule has 2 rings (SSSR count). The first kappa shape index (κ1) is 7.82. The van der Waals surface area contributed by atoms with E-state index in [9.17, 15) is 0 Å². The third-order valence-electron chi connectivity index (χ3n) is 2.18. The van der Waals surface area contributed by atoms with Gasteiger partial charge in [0.25, 0.3) is 0 Å². The fraction of sp³-hybridized carbons (Fsp3) is 0.0833. The first-order valence-electron chi connectivity index (χ1n) is 4.14. The average molecular weight is 167 g/mol. The van der Waals surface area contributed by atoms with Gasteiger partial charge >= 0.3 is 0 Å². The Hall–Kier alpha value is -1.81. The molecule has 0 atom stereocenters. The minimum absolute atomic E-state index is 0.922. The van der Waals surface area contributed by atoms with Crippen molar-refractivity contribution in [2.75, 3.05) is 0 Å². The molecule has 0 saturated heterocycles. The van der Waals surface area contributed by atoms with E-state index in [1.165, 1.54) is 0 Å². The van der Waals surface area contributed by atoms with E-state index >= 15 is 0 Å². The molecular formula is C12H9N. The number of terminal acetylenes is 1. The van der Waals surface area contributed by atoms with Gasteiger partial charge in [-0.25, -0.2) is 0 Å². The van der Waals surface area contributed by atoms with Crippen LogP contribution in [0, 0.1) is 19.3 Å². The molecule has 2 aromatic rings. The minimum Gasteiger partial charge on any atom is -0.256 e. The zero-order chi connectivity index (χ0) is 9.26. The van der Waals surface area contributed by atoms with Crippen molar-refractivity contribution >= 4 is 10.9 Å². The van der Waals surface area contributed by atoms with Crippen LogP contribution in [0.15, 0.2) is 30.5 Å². The van der Waals surface area contributed by atoms with Gasteiger partial charge in [-0.1, -0.05) is 18.1 Å². The molecule has 0 spiro atoms. The summed E-state index contributed by atoms with van der Waals surface area (Å²) in [6, 6.07) is 7.93. The van der Waals surface area contributed by atoms with Gasteiger partial charge in [0.2, 0.25) is 0 Å². The van der Waals surface area contributed by atoms with E-state index in [1.54, 1.807) is 6.20 Å². The van der Waals surface area contributed by atoms with Gasteiger partial charge in [-0.3, -0.25) is 4.98 Å². The van der Waals surface area contributed by atoms with Crippen LogP contribution in [0.25, 0.3) is 10.9 Å². The van der Waals surface area contributed by atoms with Crippen LogP contribution in [0.5, 0.6) is 0 Å². The van der Waals surface area contributed by atoms with Crippen molar-refractivity contribution in [3.8, 4) is 12.3 Å². The van der Waals surface area contributed by atoms with E-state index in [0.29, 0.717) is 0 Å². The van der Waals surface area contributed by atoms with Gasteiger partial charge in [0.05, 0.1) is 5.52 Å². The number of aryl methyl sites for hydroxylation is 1. The molecule has 0 fully saturated rings. The van der Waals surface area contributed by atoms with Crippen molar-refractivity contribution in [1.82, 2.24) is 4.98 Å². The second kappa shape index (κ2) is 2.91. The first-order valence-corrected chi connectivity index (χ1v) is 4.14. The van der Waals surface area contributed by atoms with Crippen LogP contribution in [0.3, 0.4) is 0 Å². The van der Waals surface area contributed by atoms with E-state index in [2.05, 4.69) is 10.9 Å². The van der Waals surface area contributed by atoms with Crippen LogP contribution < -0.4 is 0 Å².